The first-order chi connectivity index (χ1) is 9.10. The van der Waals surface area contributed by atoms with Gasteiger partial charge in [-0.2, -0.15) is 0 Å². The molecule has 6 heteroatoms. The van der Waals surface area contributed by atoms with Crippen molar-refractivity contribution in [1.82, 2.24) is 9.80 Å². The molecule has 0 aromatic rings. The summed E-state index contributed by atoms with van der Waals surface area (Å²) in [6.07, 6.45) is 9.05. The molecule has 0 saturated heterocycles. The number of hydrogen-bond donors (Lipinski definition) is 2. The number of carboxylic acid groups (broad SMARTS) is 1. The molecule has 19 heavy (non-hydrogen) atoms. The third-order valence-electron chi connectivity index (χ3n) is 3.23. The smallest absolute Gasteiger partial charge is 0.323 e. The zero-order valence-corrected chi connectivity index (χ0v) is 10.9. The van der Waals surface area contributed by atoms with E-state index in [9.17, 15) is 9.59 Å². The average molecular weight is 268 g/mol. The first-order valence-electron chi connectivity index (χ1n) is 6.41. The Kier molecular flexibility index (Phi) is 6.16. The van der Waals surface area contributed by atoms with E-state index in [-0.39, 0.29) is 25.7 Å². The Morgan fingerprint density at radius 3 is 2.42 bits per heavy atom. The van der Waals surface area contributed by atoms with E-state index in [1.165, 1.54) is 0 Å². The van der Waals surface area contributed by atoms with E-state index in [1.54, 1.807) is 4.90 Å². The zero-order chi connectivity index (χ0) is 14.3. The van der Waals surface area contributed by atoms with Crippen LogP contribution in [0.25, 0.3) is 0 Å². The van der Waals surface area contributed by atoms with Crippen molar-refractivity contribution in [2.24, 2.45) is 0 Å². The Hall–Kier alpha value is -1.74. The average Bonchev–Trinajstić information content (AvgIpc) is 2.87. The van der Waals surface area contributed by atoms with Crippen molar-refractivity contribution >= 4 is 12.0 Å². The summed E-state index contributed by atoms with van der Waals surface area (Å²) in [6.45, 7) is -0.388. The van der Waals surface area contributed by atoms with Crippen molar-refractivity contribution < 1.29 is 19.8 Å². The molecule has 0 radical (unpaired) electrons. The summed E-state index contributed by atoms with van der Waals surface area (Å²) in [7, 11) is 0. The fraction of sp³-hybridized carbons (Fsp3) is 0.692. The van der Waals surface area contributed by atoms with Crippen LogP contribution in [0, 0.1) is 12.3 Å². The second-order valence-corrected chi connectivity index (χ2v) is 4.59. The number of urea groups is 1. The number of aliphatic hydroxyl groups is 1. The largest absolute Gasteiger partial charge is 0.480 e. The molecule has 0 atom stereocenters. The van der Waals surface area contributed by atoms with Gasteiger partial charge in [0.05, 0.1) is 13.2 Å². The molecule has 1 saturated carbocycles. The van der Waals surface area contributed by atoms with Crippen molar-refractivity contribution in [3.05, 3.63) is 0 Å². The van der Waals surface area contributed by atoms with E-state index >= 15 is 0 Å². The molecule has 6 nitrogen and oxygen atoms in total. The van der Waals surface area contributed by atoms with Gasteiger partial charge in [-0.1, -0.05) is 18.8 Å². The van der Waals surface area contributed by atoms with Gasteiger partial charge in [-0.3, -0.25) is 4.79 Å². The predicted molar refractivity (Wildman–Crippen MR) is 69.5 cm³/mol. The molecule has 1 fully saturated rings. The molecular weight excluding hydrogens is 248 g/mol. The normalized spacial score (nSPS) is 14.9. The standard InChI is InChI=1S/C13H20N2O4/c1-2-7-14(10-12(17)18)13(19)15(8-9-16)11-5-3-4-6-11/h1,11,16H,3-10H2,(H,17,18). The molecule has 1 aliphatic rings. The fourth-order valence-corrected chi connectivity index (χ4v) is 2.40. The summed E-state index contributed by atoms with van der Waals surface area (Å²) >= 11 is 0. The minimum absolute atomic E-state index is 0.0419. The number of amides is 2. The van der Waals surface area contributed by atoms with Crippen molar-refractivity contribution in [2.75, 3.05) is 26.2 Å². The number of terminal acetylenes is 1. The predicted octanol–water partition coefficient (Wildman–Crippen LogP) is 0.363. The van der Waals surface area contributed by atoms with Gasteiger partial charge in [-0.15, -0.1) is 6.42 Å². The molecule has 2 N–H and O–H groups in total. The monoisotopic (exact) mass is 268 g/mol. The van der Waals surface area contributed by atoms with Crippen molar-refractivity contribution in [1.29, 1.82) is 0 Å². The number of aliphatic carboxylic acids is 1. The Balaban J connectivity index is 2.76. The van der Waals surface area contributed by atoms with Crippen LogP contribution in [0.4, 0.5) is 4.79 Å². The van der Waals surface area contributed by atoms with Gasteiger partial charge in [-0.25, -0.2) is 4.79 Å². The molecule has 0 bridgehead atoms. The first kappa shape index (κ1) is 15.3. The SMILES string of the molecule is C#CCN(CC(=O)O)C(=O)N(CCO)C1CCCC1. The molecule has 0 spiro atoms. The molecular formula is C13H20N2O4. The highest BCUT2D eigenvalue weighted by molar-refractivity contribution is 5.80. The summed E-state index contributed by atoms with van der Waals surface area (Å²) < 4.78 is 0. The molecule has 0 unspecified atom stereocenters. The molecule has 2 amide bonds. The van der Waals surface area contributed by atoms with Crippen molar-refractivity contribution in [2.45, 2.75) is 31.7 Å². The Morgan fingerprint density at radius 2 is 1.95 bits per heavy atom. The number of aliphatic hydroxyl groups excluding tert-OH is 1. The topological polar surface area (TPSA) is 81.1 Å². The van der Waals surface area contributed by atoms with Crippen LogP contribution in [-0.4, -0.2) is 64.3 Å². The number of hydrogen-bond acceptors (Lipinski definition) is 3. The summed E-state index contributed by atoms with van der Waals surface area (Å²) in [5.74, 6) is 1.20. The lowest BCUT2D eigenvalue weighted by Gasteiger charge is -2.32. The quantitative estimate of drug-likeness (QED) is 0.682. The van der Waals surface area contributed by atoms with Crippen LogP contribution in [0.3, 0.4) is 0 Å². The second kappa shape index (κ2) is 7.64. The summed E-state index contributed by atoms with van der Waals surface area (Å²) in [5, 5.41) is 17.9. The molecule has 0 aromatic heterocycles. The van der Waals surface area contributed by atoms with Crippen molar-refractivity contribution in [3.8, 4) is 12.3 Å². The lowest BCUT2D eigenvalue weighted by Crippen LogP contribution is -2.50. The van der Waals surface area contributed by atoms with E-state index in [1.807, 2.05) is 0 Å². The van der Waals surface area contributed by atoms with Gasteiger partial charge < -0.3 is 20.0 Å². The number of carbonyl (C=O) groups is 2. The van der Waals surface area contributed by atoms with E-state index in [0.717, 1.165) is 30.6 Å². The maximum atomic E-state index is 12.3. The highest BCUT2D eigenvalue weighted by atomic mass is 16.4. The first-order valence-corrected chi connectivity index (χ1v) is 6.41. The number of rotatable bonds is 6. The maximum Gasteiger partial charge on any atom is 0.323 e. The van der Waals surface area contributed by atoms with Crippen LogP contribution >= 0.6 is 0 Å². The third kappa shape index (κ3) is 4.45. The lowest BCUT2D eigenvalue weighted by atomic mass is 10.2. The maximum absolute atomic E-state index is 12.3. The van der Waals surface area contributed by atoms with Gasteiger partial charge >= 0.3 is 12.0 Å². The van der Waals surface area contributed by atoms with Crippen LogP contribution in [0.5, 0.6) is 0 Å². The van der Waals surface area contributed by atoms with Crippen LogP contribution in [0.2, 0.25) is 0 Å². The summed E-state index contributed by atoms with van der Waals surface area (Å²) in [4.78, 5) is 25.8. The summed E-state index contributed by atoms with van der Waals surface area (Å²) in [6, 6.07) is -0.324. The Bertz CT molecular complexity index is 358. The number of nitrogens with zero attached hydrogens (tertiary/aromatic N) is 2. The van der Waals surface area contributed by atoms with E-state index in [0.29, 0.717) is 0 Å². The second-order valence-electron chi connectivity index (χ2n) is 4.59. The minimum Gasteiger partial charge on any atom is -0.480 e. The van der Waals surface area contributed by atoms with E-state index < -0.39 is 18.5 Å². The van der Waals surface area contributed by atoms with Crippen molar-refractivity contribution in [3.63, 3.8) is 0 Å². The minimum atomic E-state index is -1.10. The molecule has 0 aromatic carbocycles. The molecule has 106 valence electrons. The van der Waals surface area contributed by atoms with Gasteiger partial charge in [0.25, 0.3) is 0 Å². The Morgan fingerprint density at radius 1 is 1.32 bits per heavy atom. The van der Waals surface area contributed by atoms with E-state index in [4.69, 9.17) is 16.6 Å². The van der Waals surface area contributed by atoms with Crippen LogP contribution < -0.4 is 0 Å². The highest BCUT2D eigenvalue weighted by Gasteiger charge is 2.29. The number of carbonyl (C=O) groups excluding carboxylic acids is 1. The fourth-order valence-electron chi connectivity index (χ4n) is 2.40. The molecule has 0 heterocycles. The van der Waals surface area contributed by atoms with Gasteiger partial charge in [-0.05, 0) is 12.8 Å². The van der Waals surface area contributed by atoms with Gasteiger partial charge in [0.2, 0.25) is 0 Å². The third-order valence-corrected chi connectivity index (χ3v) is 3.23. The van der Waals surface area contributed by atoms with Crippen LogP contribution in [-0.2, 0) is 4.79 Å². The number of carboxylic acids is 1. The molecule has 1 aliphatic carbocycles. The molecule has 0 aliphatic heterocycles. The Labute approximate surface area is 113 Å². The van der Waals surface area contributed by atoms with E-state index in [2.05, 4.69) is 5.92 Å². The molecule has 1 rings (SSSR count). The van der Waals surface area contributed by atoms with Gasteiger partial charge in [0, 0.05) is 12.6 Å². The van der Waals surface area contributed by atoms with Crippen LogP contribution in [0.15, 0.2) is 0 Å². The summed E-state index contributed by atoms with van der Waals surface area (Å²) in [5.41, 5.74) is 0. The highest BCUT2D eigenvalue weighted by Crippen LogP contribution is 2.24. The van der Waals surface area contributed by atoms with Crippen LogP contribution in [0.1, 0.15) is 25.7 Å². The zero-order valence-electron chi connectivity index (χ0n) is 10.9. The van der Waals surface area contributed by atoms with Gasteiger partial charge in [0.15, 0.2) is 0 Å². The van der Waals surface area contributed by atoms with Gasteiger partial charge in [0.1, 0.15) is 6.54 Å². The lowest BCUT2D eigenvalue weighted by molar-refractivity contribution is -0.137.